The third-order valence-electron chi connectivity index (χ3n) is 5.39. The predicted molar refractivity (Wildman–Crippen MR) is 98.4 cm³/mol. The van der Waals surface area contributed by atoms with Crippen LogP contribution in [0, 0.1) is 5.92 Å². The molecule has 3 amide bonds. The molecule has 0 aromatic carbocycles. The van der Waals surface area contributed by atoms with Gasteiger partial charge in [0.2, 0.25) is 11.8 Å². The standard InChI is InChI=1S/C19H33N3O4/c1-4-6-16(26-5-2)19(25)22-11-9-14(10-12-22)18-15(20-13(3)23)7-8-17(24)21-18/h14-16,18H,4-12H2,1-3H3,(H,20,23)(H,21,24)/t15-,16?,18+/m1/s1. The number of ether oxygens (including phenoxy) is 1. The van der Waals surface area contributed by atoms with E-state index in [1.165, 1.54) is 6.92 Å². The van der Waals surface area contributed by atoms with Gasteiger partial charge < -0.3 is 20.3 Å². The van der Waals surface area contributed by atoms with Crippen LogP contribution < -0.4 is 10.6 Å². The number of hydrogen-bond donors (Lipinski definition) is 2. The van der Waals surface area contributed by atoms with E-state index in [2.05, 4.69) is 17.6 Å². The van der Waals surface area contributed by atoms with E-state index in [4.69, 9.17) is 4.74 Å². The van der Waals surface area contributed by atoms with Crippen LogP contribution in [0.3, 0.4) is 0 Å². The summed E-state index contributed by atoms with van der Waals surface area (Å²) in [6, 6.07) is -0.0653. The van der Waals surface area contributed by atoms with Crippen LogP contribution in [0.2, 0.25) is 0 Å². The number of rotatable bonds is 7. The van der Waals surface area contributed by atoms with Gasteiger partial charge in [0.25, 0.3) is 5.91 Å². The molecule has 0 bridgehead atoms. The molecule has 2 aliphatic heterocycles. The highest BCUT2D eigenvalue weighted by atomic mass is 16.5. The zero-order valence-electron chi connectivity index (χ0n) is 16.3. The van der Waals surface area contributed by atoms with Gasteiger partial charge in [0.1, 0.15) is 6.10 Å². The van der Waals surface area contributed by atoms with Crippen molar-refractivity contribution in [2.45, 2.75) is 77.5 Å². The summed E-state index contributed by atoms with van der Waals surface area (Å²) >= 11 is 0. The lowest BCUT2D eigenvalue weighted by Crippen LogP contribution is -2.60. The average molecular weight is 367 g/mol. The Hall–Kier alpha value is -1.63. The molecule has 26 heavy (non-hydrogen) atoms. The highest BCUT2D eigenvalue weighted by Gasteiger charge is 2.38. The lowest BCUT2D eigenvalue weighted by atomic mass is 9.81. The number of carbonyl (C=O) groups is 3. The van der Waals surface area contributed by atoms with Gasteiger partial charge in [-0.1, -0.05) is 13.3 Å². The minimum absolute atomic E-state index is 0.0197. The smallest absolute Gasteiger partial charge is 0.251 e. The molecule has 2 heterocycles. The zero-order chi connectivity index (χ0) is 19.1. The van der Waals surface area contributed by atoms with Crippen molar-refractivity contribution in [2.75, 3.05) is 19.7 Å². The molecule has 7 heteroatoms. The van der Waals surface area contributed by atoms with Crippen molar-refractivity contribution in [3.63, 3.8) is 0 Å². The van der Waals surface area contributed by atoms with Gasteiger partial charge in [-0.05, 0) is 38.5 Å². The maximum atomic E-state index is 12.7. The van der Waals surface area contributed by atoms with E-state index in [-0.39, 0.29) is 41.8 Å². The maximum Gasteiger partial charge on any atom is 0.251 e. The van der Waals surface area contributed by atoms with E-state index in [9.17, 15) is 14.4 Å². The van der Waals surface area contributed by atoms with E-state index in [1.54, 1.807) is 0 Å². The molecule has 7 nitrogen and oxygen atoms in total. The summed E-state index contributed by atoms with van der Waals surface area (Å²) in [7, 11) is 0. The molecule has 0 aromatic rings. The molecular formula is C19H33N3O4. The van der Waals surface area contributed by atoms with Gasteiger partial charge in [-0.3, -0.25) is 14.4 Å². The highest BCUT2D eigenvalue weighted by Crippen LogP contribution is 2.27. The summed E-state index contributed by atoms with van der Waals surface area (Å²) < 4.78 is 5.62. The summed E-state index contributed by atoms with van der Waals surface area (Å²) in [5, 5.41) is 6.05. The van der Waals surface area contributed by atoms with E-state index >= 15 is 0 Å². The first-order valence-corrected chi connectivity index (χ1v) is 9.93. The second-order valence-electron chi connectivity index (χ2n) is 7.33. The first-order valence-electron chi connectivity index (χ1n) is 9.93. The van der Waals surface area contributed by atoms with Gasteiger partial charge in [-0.15, -0.1) is 0 Å². The Bertz CT molecular complexity index is 497. The fourth-order valence-electron chi connectivity index (χ4n) is 4.12. The number of carbonyl (C=O) groups excluding carboxylic acids is 3. The summed E-state index contributed by atoms with van der Waals surface area (Å²) in [6.07, 6.45) is 4.11. The molecule has 1 unspecified atom stereocenters. The molecule has 2 saturated heterocycles. The van der Waals surface area contributed by atoms with Crippen LogP contribution in [0.4, 0.5) is 0 Å². The van der Waals surface area contributed by atoms with E-state index in [1.807, 2.05) is 11.8 Å². The summed E-state index contributed by atoms with van der Waals surface area (Å²) in [4.78, 5) is 37.9. The van der Waals surface area contributed by atoms with Crippen LogP contribution in [0.25, 0.3) is 0 Å². The number of amides is 3. The van der Waals surface area contributed by atoms with Gasteiger partial charge >= 0.3 is 0 Å². The molecule has 0 aromatic heterocycles. The maximum absolute atomic E-state index is 12.7. The third-order valence-corrected chi connectivity index (χ3v) is 5.39. The Labute approximate surface area is 156 Å². The predicted octanol–water partition coefficient (Wildman–Crippen LogP) is 1.21. The lowest BCUT2D eigenvalue weighted by Gasteiger charge is -2.42. The van der Waals surface area contributed by atoms with Gasteiger partial charge in [-0.2, -0.15) is 0 Å². The number of hydrogen-bond acceptors (Lipinski definition) is 4. The number of nitrogens with one attached hydrogen (secondary N) is 2. The Balaban J connectivity index is 1.94. The summed E-state index contributed by atoms with van der Waals surface area (Å²) in [6.45, 7) is 7.37. The van der Waals surface area contributed by atoms with Crippen LogP contribution >= 0.6 is 0 Å². The molecule has 3 atom stereocenters. The van der Waals surface area contributed by atoms with E-state index < -0.39 is 0 Å². The molecule has 0 radical (unpaired) electrons. The van der Waals surface area contributed by atoms with Crippen molar-refractivity contribution < 1.29 is 19.1 Å². The average Bonchev–Trinajstić information content (AvgIpc) is 2.62. The van der Waals surface area contributed by atoms with Crippen LogP contribution in [-0.4, -0.2) is 60.5 Å². The van der Waals surface area contributed by atoms with Crippen LogP contribution in [0.15, 0.2) is 0 Å². The lowest BCUT2D eigenvalue weighted by molar-refractivity contribution is -0.145. The molecule has 0 saturated carbocycles. The quantitative estimate of drug-likeness (QED) is 0.708. The second-order valence-corrected chi connectivity index (χ2v) is 7.33. The Kier molecular flexibility index (Phi) is 7.87. The Morgan fingerprint density at radius 1 is 1.27 bits per heavy atom. The Morgan fingerprint density at radius 2 is 1.96 bits per heavy atom. The van der Waals surface area contributed by atoms with Gasteiger partial charge in [0.05, 0.1) is 6.04 Å². The van der Waals surface area contributed by atoms with Crippen LogP contribution in [0.5, 0.6) is 0 Å². The van der Waals surface area contributed by atoms with Gasteiger partial charge in [0.15, 0.2) is 0 Å². The highest BCUT2D eigenvalue weighted by molar-refractivity contribution is 5.81. The van der Waals surface area contributed by atoms with Crippen molar-refractivity contribution in [1.29, 1.82) is 0 Å². The van der Waals surface area contributed by atoms with Crippen LogP contribution in [-0.2, 0) is 19.1 Å². The van der Waals surface area contributed by atoms with E-state index in [0.29, 0.717) is 32.5 Å². The Morgan fingerprint density at radius 3 is 2.54 bits per heavy atom. The topological polar surface area (TPSA) is 87.7 Å². The SMILES string of the molecule is CCCC(OCC)C(=O)N1CCC([C@@H]2NC(=O)CC[C@H]2NC(C)=O)CC1. The molecule has 148 valence electrons. The minimum atomic E-state index is -0.344. The summed E-state index contributed by atoms with van der Waals surface area (Å²) in [5.74, 6) is 0.340. The van der Waals surface area contributed by atoms with Gasteiger partial charge in [-0.25, -0.2) is 0 Å². The second kappa shape index (κ2) is 9.90. The monoisotopic (exact) mass is 367 g/mol. The number of nitrogens with zero attached hydrogens (tertiary/aromatic N) is 1. The molecule has 0 spiro atoms. The van der Waals surface area contributed by atoms with Crippen molar-refractivity contribution in [2.24, 2.45) is 5.92 Å². The van der Waals surface area contributed by atoms with Crippen LogP contribution in [0.1, 0.15) is 59.3 Å². The van der Waals surface area contributed by atoms with Crippen molar-refractivity contribution in [3.05, 3.63) is 0 Å². The number of likely N-dealkylation sites (tertiary alicyclic amines) is 1. The van der Waals surface area contributed by atoms with Crippen molar-refractivity contribution in [1.82, 2.24) is 15.5 Å². The molecule has 0 aliphatic carbocycles. The van der Waals surface area contributed by atoms with Gasteiger partial charge in [0, 0.05) is 39.1 Å². The van der Waals surface area contributed by atoms with E-state index in [0.717, 1.165) is 25.7 Å². The molecule has 2 N–H and O–H groups in total. The first-order chi connectivity index (χ1) is 12.5. The fraction of sp³-hybridized carbons (Fsp3) is 0.842. The fourth-order valence-corrected chi connectivity index (χ4v) is 4.12. The molecule has 2 aliphatic rings. The third kappa shape index (κ3) is 5.43. The molecular weight excluding hydrogens is 334 g/mol. The van der Waals surface area contributed by atoms with Crippen molar-refractivity contribution >= 4 is 17.7 Å². The number of piperidine rings is 2. The first kappa shape index (κ1) is 20.7. The largest absolute Gasteiger partial charge is 0.369 e. The summed E-state index contributed by atoms with van der Waals surface area (Å²) in [5.41, 5.74) is 0. The zero-order valence-corrected chi connectivity index (χ0v) is 16.3. The normalized spacial score (nSPS) is 25.5. The van der Waals surface area contributed by atoms with Crippen molar-refractivity contribution in [3.8, 4) is 0 Å². The molecule has 2 fully saturated rings. The molecule has 2 rings (SSSR count). The minimum Gasteiger partial charge on any atom is -0.369 e.